The third kappa shape index (κ3) is 4.17. The molecule has 1 atom stereocenters. The Bertz CT molecular complexity index is 512. The van der Waals surface area contributed by atoms with Crippen molar-refractivity contribution < 1.29 is 9.72 Å². The lowest BCUT2D eigenvalue weighted by atomic mass is 10.2. The summed E-state index contributed by atoms with van der Waals surface area (Å²) < 4.78 is 1.42. The minimum absolute atomic E-state index is 0.0468. The zero-order valence-electron chi connectivity index (χ0n) is 13.0. The number of hydrogen-bond donors (Lipinski definition) is 2. The highest BCUT2D eigenvalue weighted by atomic mass is 16.6. The van der Waals surface area contributed by atoms with Gasteiger partial charge in [0.2, 0.25) is 11.7 Å². The average molecular weight is 297 g/mol. The number of hydrogen-bond acceptors (Lipinski definition) is 5. The van der Waals surface area contributed by atoms with E-state index >= 15 is 0 Å². The van der Waals surface area contributed by atoms with Gasteiger partial charge in [0.1, 0.15) is 11.7 Å². The molecule has 0 spiro atoms. The van der Waals surface area contributed by atoms with E-state index in [9.17, 15) is 14.9 Å². The van der Waals surface area contributed by atoms with Crippen LogP contribution in [0.4, 0.5) is 11.5 Å². The van der Waals surface area contributed by atoms with E-state index in [2.05, 4.69) is 15.7 Å². The van der Waals surface area contributed by atoms with Crippen LogP contribution >= 0.6 is 0 Å². The molecule has 0 saturated carbocycles. The van der Waals surface area contributed by atoms with Crippen LogP contribution in [-0.2, 0) is 18.3 Å². The number of rotatable bonds is 8. The number of amides is 1. The van der Waals surface area contributed by atoms with E-state index in [0.29, 0.717) is 18.7 Å². The molecule has 0 fully saturated rings. The summed E-state index contributed by atoms with van der Waals surface area (Å²) in [6.45, 7) is 6.15. The van der Waals surface area contributed by atoms with Crippen LogP contribution in [0.2, 0.25) is 0 Å². The maximum absolute atomic E-state index is 11.9. The molecule has 0 aromatic carbocycles. The van der Waals surface area contributed by atoms with Gasteiger partial charge in [-0.25, -0.2) is 4.68 Å². The van der Waals surface area contributed by atoms with Crippen LogP contribution in [0.15, 0.2) is 0 Å². The Morgan fingerprint density at radius 3 is 2.62 bits per heavy atom. The normalized spacial score (nSPS) is 12.0. The minimum atomic E-state index is -0.569. The van der Waals surface area contributed by atoms with Crippen molar-refractivity contribution in [2.75, 3.05) is 11.9 Å². The zero-order chi connectivity index (χ0) is 16.0. The summed E-state index contributed by atoms with van der Waals surface area (Å²) in [6, 6.07) is -0.569. The summed E-state index contributed by atoms with van der Waals surface area (Å²) in [5, 5.41) is 21.1. The fourth-order valence-electron chi connectivity index (χ4n) is 2.00. The Hall–Kier alpha value is -2.12. The van der Waals surface area contributed by atoms with Crippen LogP contribution in [0, 0.1) is 10.1 Å². The van der Waals surface area contributed by atoms with E-state index in [-0.39, 0.29) is 17.4 Å². The van der Waals surface area contributed by atoms with Gasteiger partial charge in [-0.2, -0.15) is 5.10 Å². The lowest BCUT2D eigenvalue weighted by Gasteiger charge is -2.14. The van der Waals surface area contributed by atoms with E-state index < -0.39 is 11.0 Å². The van der Waals surface area contributed by atoms with Gasteiger partial charge in [-0.15, -0.1) is 0 Å². The second-order valence-electron chi connectivity index (χ2n) is 4.93. The van der Waals surface area contributed by atoms with Crippen LogP contribution in [0.25, 0.3) is 0 Å². The van der Waals surface area contributed by atoms with Gasteiger partial charge < -0.3 is 10.6 Å². The van der Waals surface area contributed by atoms with Gasteiger partial charge in [-0.1, -0.05) is 20.3 Å². The predicted octanol–water partition coefficient (Wildman–Crippen LogP) is 1.61. The first-order valence-electron chi connectivity index (χ1n) is 7.16. The first-order valence-corrected chi connectivity index (χ1v) is 7.16. The molecular formula is C13H23N5O3. The number of anilines is 1. The molecule has 0 bridgehead atoms. The molecule has 21 heavy (non-hydrogen) atoms. The van der Waals surface area contributed by atoms with Crippen LogP contribution < -0.4 is 10.6 Å². The Morgan fingerprint density at radius 2 is 2.10 bits per heavy atom. The van der Waals surface area contributed by atoms with Gasteiger partial charge in [0.05, 0.1) is 4.92 Å². The van der Waals surface area contributed by atoms with Crippen molar-refractivity contribution in [2.24, 2.45) is 7.05 Å². The van der Waals surface area contributed by atoms with Crippen LogP contribution in [0.5, 0.6) is 0 Å². The molecule has 0 radical (unpaired) electrons. The molecule has 8 heteroatoms. The summed E-state index contributed by atoms with van der Waals surface area (Å²) in [7, 11) is 1.63. The maximum atomic E-state index is 11.9. The monoisotopic (exact) mass is 297 g/mol. The number of carbonyl (C=O) groups excluding carboxylic acids is 1. The average Bonchev–Trinajstić information content (AvgIpc) is 2.72. The SMILES string of the molecule is CCCNC(=O)C(C)Nc1c([N+](=O)[O-])c(CCC)nn1C. The number of nitrogens with zero attached hydrogens (tertiary/aromatic N) is 3. The molecule has 1 aromatic rings. The molecule has 1 amide bonds. The van der Waals surface area contributed by atoms with Crippen molar-refractivity contribution in [3.63, 3.8) is 0 Å². The summed E-state index contributed by atoms with van der Waals surface area (Å²) in [6.07, 6.45) is 2.14. The third-order valence-electron chi connectivity index (χ3n) is 3.06. The number of nitro groups is 1. The fraction of sp³-hybridized carbons (Fsp3) is 0.692. The van der Waals surface area contributed by atoms with E-state index in [4.69, 9.17) is 0 Å². The molecule has 0 aliphatic carbocycles. The highest BCUT2D eigenvalue weighted by Crippen LogP contribution is 2.29. The van der Waals surface area contributed by atoms with Gasteiger partial charge in [-0.05, 0) is 19.8 Å². The molecule has 0 aliphatic heterocycles. The van der Waals surface area contributed by atoms with Gasteiger partial charge in [0.25, 0.3) is 0 Å². The Morgan fingerprint density at radius 1 is 1.43 bits per heavy atom. The summed E-state index contributed by atoms with van der Waals surface area (Å²) >= 11 is 0. The smallest absolute Gasteiger partial charge is 0.334 e. The molecule has 0 saturated heterocycles. The van der Waals surface area contributed by atoms with Gasteiger partial charge in [0, 0.05) is 13.6 Å². The van der Waals surface area contributed by atoms with E-state index in [0.717, 1.165) is 12.8 Å². The molecule has 1 unspecified atom stereocenters. The summed E-state index contributed by atoms with van der Waals surface area (Å²) in [5.74, 6) is 0.0759. The lowest BCUT2D eigenvalue weighted by molar-refractivity contribution is -0.384. The van der Waals surface area contributed by atoms with Crippen molar-refractivity contribution in [2.45, 2.75) is 46.1 Å². The lowest BCUT2D eigenvalue weighted by Crippen LogP contribution is -2.38. The molecule has 2 N–H and O–H groups in total. The quantitative estimate of drug-likeness (QED) is 0.560. The van der Waals surface area contributed by atoms with E-state index in [1.165, 1.54) is 4.68 Å². The summed E-state index contributed by atoms with van der Waals surface area (Å²) in [4.78, 5) is 22.7. The fourth-order valence-corrected chi connectivity index (χ4v) is 2.00. The maximum Gasteiger partial charge on any atom is 0.334 e. The van der Waals surface area contributed by atoms with Crippen molar-refractivity contribution in [1.82, 2.24) is 15.1 Å². The Labute approximate surface area is 124 Å². The topological polar surface area (TPSA) is 102 Å². The van der Waals surface area contributed by atoms with Crippen molar-refractivity contribution in [3.8, 4) is 0 Å². The molecular weight excluding hydrogens is 274 g/mol. The van der Waals surface area contributed by atoms with Crippen LogP contribution in [-0.4, -0.2) is 33.2 Å². The minimum Gasteiger partial charge on any atom is -0.354 e. The van der Waals surface area contributed by atoms with Crippen LogP contribution in [0.1, 0.15) is 39.3 Å². The first-order chi connectivity index (χ1) is 9.92. The number of nitrogens with one attached hydrogen (secondary N) is 2. The molecule has 1 aromatic heterocycles. The van der Waals surface area contributed by atoms with Crippen LogP contribution in [0.3, 0.4) is 0 Å². The summed E-state index contributed by atoms with van der Waals surface area (Å²) in [5.41, 5.74) is 0.392. The second kappa shape index (κ2) is 7.61. The van der Waals surface area contributed by atoms with Gasteiger partial charge >= 0.3 is 5.69 Å². The Balaban J connectivity index is 2.96. The molecule has 0 aliphatic rings. The molecule has 1 rings (SSSR count). The largest absolute Gasteiger partial charge is 0.354 e. The van der Waals surface area contributed by atoms with E-state index in [1.54, 1.807) is 14.0 Å². The molecule has 1 heterocycles. The predicted molar refractivity (Wildman–Crippen MR) is 80.2 cm³/mol. The standard InChI is InChI=1S/C13H23N5O3/c1-5-7-10-11(18(20)21)12(17(4)16-10)15-9(3)13(19)14-8-6-2/h9,15H,5-8H2,1-4H3,(H,14,19). The number of aromatic nitrogens is 2. The second-order valence-corrected chi connectivity index (χ2v) is 4.93. The van der Waals surface area contributed by atoms with Gasteiger partial charge in [0.15, 0.2) is 0 Å². The van der Waals surface area contributed by atoms with Gasteiger partial charge in [-0.3, -0.25) is 14.9 Å². The number of carbonyl (C=O) groups is 1. The van der Waals surface area contributed by atoms with Crippen molar-refractivity contribution in [1.29, 1.82) is 0 Å². The Kier molecular flexibility index (Phi) is 6.13. The molecule has 8 nitrogen and oxygen atoms in total. The molecule has 118 valence electrons. The van der Waals surface area contributed by atoms with E-state index in [1.807, 2.05) is 13.8 Å². The third-order valence-corrected chi connectivity index (χ3v) is 3.06. The number of aryl methyl sites for hydroxylation is 2. The first kappa shape index (κ1) is 16.9. The zero-order valence-corrected chi connectivity index (χ0v) is 13.0. The highest BCUT2D eigenvalue weighted by Gasteiger charge is 2.28. The van der Waals surface area contributed by atoms with Crippen molar-refractivity contribution in [3.05, 3.63) is 15.8 Å². The van der Waals surface area contributed by atoms with Crippen molar-refractivity contribution >= 4 is 17.4 Å². The highest BCUT2D eigenvalue weighted by molar-refractivity contribution is 5.84.